The second kappa shape index (κ2) is 9.79. The van der Waals surface area contributed by atoms with E-state index in [1.807, 2.05) is 0 Å². The smallest absolute Gasteiger partial charge is 0.0622 e. The molecule has 0 bridgehead atoms. The average Bonchev–Trinajstić information content (AvgIpc) is 3.40. The zero-order valence-corrected chi connectivity index (χ0v) is 24.4. The molecule has 0 N–H and O–H groups in total. The van der Waals surface area contributed by atoms with Crippen molar-refractivity contribution in [3.05, 3.63) is 203 Å². The van der Waals surface area contributed by atoms with E-state index < -0.39 is 0 Å². The first kappa shape index (κ1) is 25.1. The lowest BCUT2D eigenvalue weighted by Crippen LogP contribution is -2.34. The standard InChI is InChI=1S/C44H30/c1-3-12-30(13-4-1)32-16-11-17-33(26-32)34-24-25-40-37(27-34)28-36-23-22-35(31-14-5-2-6-15-31)29-43(36)44(40)41-20-9-7-18-38(41)39-19-8-10-21-42(39)44/h1-27,29H,28H2. The van der Waals surface area contributed by atoms with Crippen LogP contribution in [0.1, 0.15) is 33.4 Å². The minimum absolute atomic E-state index is 0.370. The van der Waals surface area contributed by atoms with Crippen molar-refractivity contribution in [1.82, 2.24) is 0 Å². The van der Waals surface area contributed by atoms with Crippen LogP contribution in [0.4, 0.5) is 0 Å². The number of fused-ring (bicyclic) bond motifs is 9. The molecule has 44 heavy (non-hydrogen) atoms. The number of benzene rings is 7. The van der Waals surface area contributed by atoms with Gasteiger partial charge in [0.2, 0.25) is 0 Å². The zero-order chi connectivity index (χ0) is 29.1. The Morgan fingerprint density at radius 1 is 0.295 bits per heavy atom. The molecule has 7 aromatic rings. The largest absolute Gasteiger partial charge is 0.0719 e. The van der Waals surface area contributed by atoms with Gasteiger partial charge in [-0.2, -0.15) is 0 Å². The van der Waals surface area contributed by atoms with Gasteiger partial charge in [0.25, 0.3) is 0 Å². The van der Waals surface area contributed by atoms with Crippen molar-refractivity contribution in [2.24, 2.45) is 0 Å². The predicted octanol–water partition coefficient (Wildman–Crippen LogP) is 11.0. The maximum absolute atomic E-state index is 2.48. The highest BCUT2D eigenvalue weighted by molar-refractivity contribution is 5.89. The van der Waals surface area contributed by atoms with Crippen molar-refractivity contribution in [3.8, 4) is 44.5 Å². The summed E-state index contributed by atoms with van der Waals surface area (Å²) in [5, 5.41) is 0. The predicted molar refractivity (Wildman–Crippen MR) is 183 cm³/mol. The Labute approximate surface area is 258 Å². The van der Waals surface area contributed by atoms with Crippen LogP contribution in [-0.2, 0) is 11.8 Å². The van der Waals surface area contributed by atoms with Gasteiger partial charge in [-0.15, -0.1) is 0 Å². The van der Waals surface area contributed by atoms with Gasteiger partial charge in [-0.05, 0) is 96.4 Å². The summed E-state index contributed by atoms with van der Waals surface area (Å²) in [6, 6.07) is 63.0. The van der Waals surface area contributed by atoms with Gasteiger partial charge in [-0.25, -0.2) is 0 Å². The maximum Gasteiger partial charge on any atom is 0.0719 e. The summed E-state index contributed by atoms with van der Waals surface area (Å²) < 4.78 is 0. The SMILES string of the molecule is c1ccc(-c2cccc(-c3ccc4c(c3)Cc3ccc(-c5ccccc5)cc3C43c4ccccc4-c4ccccc43)c2)cc1. The molecule has 0 aromatic heterocycles. The molecule has 7 aromatic carbocycles. The highest BCUT2D eigenvalue weighted by Gasteiger charge is 2.49. The molecule has 0 heterocycles. The number of hydrogen-bond donors (Lipinski definition) is 0. The summed E-state index contributed by atoms with van der Waals surface area (Å²) in [4.78, 5) is 0. The lowest BCUT2D eigenvalue weighted by molar-refractivity contribution is 0.722. The molecule has 0 heteroatoms. The van der Waals surface area contributed by atoms with Gasteiger partial charge >= 0.3 is 0 Å². The lowest BCUT2D eigenvalue weighted by atomic mass is 9.61. The lowest BCUT2D eigenvalue weighted by Gasteiger charge is -2.40. The van der Waals surface area contributed by atoms with Crippen molar-refractivity contribution in [2.75, 3.05) is 0 Å². The summed E-state index contributed by atoms with van der Waals surface area (Å²) in [6.07, 6.45) is 0.915. The van der Waals surface area contributed by atoms with Gasteiger partial charge in [0, 0.05) is 0 Å². The van der Waals surface area contributed by atoms with Crippen molar-refractivity contribution in [3.63, 3.8) is 0 Å². The van der Waals surface area contributed by atoms with E-state index in [1.54, 1.807) is 0 Å². The minimum atomic E-state index is -0.370. The van der Waals surface area contributed by atoms with Crippen molar-refractivity contribution in [2.45, 2.75) is 11.8 Å². The third-order valence-corrected chi connectivity index (χ3v) is 9.77. The second-order valence-electron chi connectivity index (χ2n) is 12.1. The Kier molecular flexibility index (Phi) is 5.58. The van der Waals surface area contributed by atoms with Crippen molar-refractivity contribution in [1.29, 1.82) is 0 Å². The summed E-state index contributed by atoms with van der Waals surface area (Å²) in [5.41, 5.74) is 18.2. The van der Waals surface area contributed by atoms with E-state index in [2.05, 4.69) is 170 Å². The molecule has 0 fully saturated rings. The molecular weight excluding hydrogens is 528 g/mol. The van der Waals surface area contributed by atoms with Crippen LogP contribution >= 0.6 is 0 Å². The molecule has 2 aliphatic rings. The molecule has 0 amide bonds. The third-order valence-electron chi connectivity index (χ3n) is 9.77. The monoisotopic (exact) mass is 558 g/mol. The van der Waals surface area contributed by atoms with Gasteiger partial charge in [0.15, 0.2) is 0 Å². The first-order chi connectivity index (χ1) is 21.8. The van der Waals surface area contributed by atoms with Crippen LogP contribution in [0.2, 0.25) is 0 Å². The molecule has 0 radical (unpaired) electrons. The Bertz CT molecular complexity index is 2140. The summed E-state index contributed by atoms with van der Waals surface area (Å²) >= 11 is 0. The molecule has 0 aliphatic heterocycles. The van der Waals surface area contributed by atoms with Gasteiger partial charge in [0.1, 0.15) is 0 Å². The molecule has 0 saturated heterocycles. The van der Waals surface area contributed by atoms with Gasteiger partial charge < -0.3 is 0 Å². The summed E-state index contributed by atoms with van der Waals surface area (Å²) in [5.74, 6) is 0. The second-order valence-corrected chi connectivity index (χ2v) is 12.1. The maximum atomic E-state index is 2.48. The van der Waals surface area contributed by atoms with Crippen molar-refractivity contribution < 1.29 is 0 Å². The molecular formula is C44H30. The van der Waals surface area contributed by atoms with Crippen LogP contribution in [-0.4, -0.2) is 0 Å². The fourth-order valence-corrected chi connectivity index (χ4v) is 7.85. The quantitative estimate of drug-likeness (QED) is 0.202. The van der Waals surface area contributed by atoms with Crippen LogP contribution in [0.15, 0.2) is 170 Å². The van der Waals surface area contributed by atoms with Gasteiger partial charge in [-0.3, -0.25) is 0 Å². The first-order valence-electron chi connectivity index (χ1n) is 15.5. The fourth-order valence-electron chi connectivity index (χ4n) is 7.85. The molecule has 2 aliphatic carbocycles. The van der Waals surface area contributed by atoms with Crippen LogP contribution in [0.3, 0.4) is 0 Å². The molecule has 206 valence electrons. The number of hydrogen-bond acceptors (Lipinski definition) is 0. The highest BCUT2D eigenvalue weighted by Crippen LogP contribution is 2.59. The van der Waals surface area contributed by atoms with E-state index in [0.717, 1.165) is 6.42 Å². The first-order valence-corrected chi connectivity index (χ1v) is 15.5. The topological polar surface area (TPSA) is 0 Å². The summed E-state index contributed by atoms with van der Waals surface area (Å²) in [7, 11) is 0. The van der Waals surface area contributed by atoms with E-state index in [-0.39, 0.29) is 5.41 Å². The Morgan fingerprint density at radius 3 is 1.45 bits per heavy atom. The molecule has 0 nitrogen and oxygen atoms in total. The van der Waals surface area contributed by atoms with E-state index in [0.29, 0.717) is 0 Å². The molecule has 0 unspecified atom stereocenters. The van der Waals surface area contributed by atoms with Gasteiger partial charge in [0.05, 0.1) is 5.41 Å². The average molecular weight is 559 g/mol. The highest BCUT2D eigenvalue weighted by atomic mass is 14.5. The molecule has 0 atom stereocenters. The van der Waals surface area contributed by atoms with E-state index in [9.17, 15) is 0 Å². The van der Waals surface area contributed by atoms with Crippen LogP contribution in [0, 0.1) is 0 Å². The normalized spacial score (nSPS) is 13.5. The van der Waals surface area contributed by atoms with Gasteiger partial charge in [-0.1, -0.05) is 158 Å². The Morgan fingerprint density at radius 2 is 0.795 bits per heavy atom. The Hall–Kier alpha value is -5.46. The molecule has 1 spiro atoms. The van der Waals surface area contributed by atoms with E-state index >= 15 is 0 Å². The zero-order valence-electron chi connectivity index (χ0n) is 24.4. The van der Waals surface area contributed by atoms with Crippen LogP contribution in [0.25, 0.3) is 44.5 Å². The van der Waals surface area contributed by atoms with Crippen LogP contribution < -0.4 is 0 Å². The summed E-state index contributed by atoms with van der Waals surface area (Å²) in [6.45, 7) is 0. The van der Waals surface area contributed by atoms with E-state index in [4.69, 9.17) is 0 Å². The fraction of sp³-hybridized carbons (Fsp3) is 0.0455. The molecule has 0 saturated carbocycles. The Balaban J connectivity index is 1.29. The van der Waals surface area contributed by atoms with E-state index in [1.165, 1.54) is 77.9 Å². The third kappa shape index (κ3) is 3.64. The number of rotatable bonds is 3. The van der Waals surface area contributed by atoms with Crippen molar-refractivity contribution >= 4 is 0 Å². The minimum Gasteiger partial charge on any atom is -0.0622 e. The van der Waals surface area contributed by atoms with Crippen LogP contribution in [0.5, 0.6) is 0 Å². The molecule has 9 rings (SSSR count).